The van der Waals surface area contributed by atoms with E-state index >= 15 is 0 Å². The minimum absolute atomic E-state index is 2.09. The summed E-state index contributed by atoms with van der Waals surface area (Å²) >= 11 is 0. The Hall–Kier alpha value is -1.14. The van der Waals surface area contributed by atoms with E-state index in [9.17, 15) is 28.1 Å². The minimum atomic E-state index is -4.82. The van der Waals surface area contributed by atoms with E-state index < -0.39 is 39.9 Å². The third-order valence-electron chi connectivity index (χ3n) is 0.748. The van der Waals surface area contributed by atoms with Crippen molar-refractivity contribution in [3.63, 3.8) is 0 Å². The lowest BCUT2D eigenvalue weighted by Crippen LogP contribution is -1.90. The Morgan fingerprint density at radius 1 is 0.476 bits per heavy atom. The SMILES string of the molecule is O=C(O)P(=O)(O)O.O=C(O)P(=O)(O)O.O=C(O)P(=O)(O)O. The molecule has 0 aromatic rings. The van der Waals surface area contributed by atoms with Crippen molar-refractivity contribution in [3.05, 3.63) is 0 Å². The topological polar surface area (TPSA) is 284 Å². The molecule has 0 unspecified atom stereocenters. The largest absolute Gasteiger partial charge is 0.472 e. The molecule has 0 fully saturated rings. The van der Waals surface area contributed by atoms with E-state index in [1.165, 1.54) is 0 Å². The molecule has 0 aromatic heterocycles. The van der Waals surface area contributed by atoms with Crippen LogP contribution in [0.2, 0.25) is 0 Å². The van der Waals surface area contributed by atoms with Crippen molar-refractivity contribution >= 4 is 39.9 Å². The number of carboxylic acid groups (broad SMARTS) is 3. The zero-order valence-corrected chi connectivity index (χ0v) is 12.0. The summed E-state index contributed by atoms with van der Waals surface area (Å²) < 4.78 is 28.3. The molecule has 0 aliphatic rings. The molecular formula is C3H9O15P3. The molecule has 0 saturated heterocycles. The fourth-order valence-electron chi connectivity index (χ4n) is 0. The van der Waals surface area contributed by atoms with E-state index in [1.54, 1.807) is 0 Å². The van der Waals surface area contributed by atoms with Gasteiger partial charge in [-0.1, -0.05) is 0 Å². The fraction of sp³-hybridized carbons (Fsp3) is 0. The first-order chi connectivity index (χ1) is 8.83. The summed E-state index contributed by atoms with van der Waals surface area (Å²) in [4.78, 5) is 73.4. The van der Waals surface area contributed by atoms with Crippen molar-refractivity contribution in [1.82, 2.24) is 0 Å². The van der Waals surface area contributed by atoms with E-state index in [0.29, 0.717) is 0 Å². The molecule has 0 aromatic carbocycles. The van der Waals surface area contributed by atoms with Crippen LogP contribution in [0.15, 0.2) is 0 Å². The average Bonchev–Trinajstić information content (AvgIpc) is 2.14. The van der Waals surface area contributed by atoms with E-state index in [1.807, 2.05) is 0 Å². The second kappa shape index (κ2) is 9.00. The molecule has 0 radical (unpaired) electrons. The van der Waals surface area contributed by atoms with Gasteiger partial charge in [-0.15, -0.1) is 0 Å². The second-order valence-electron chi connectivity index (χ2n) is 2.48. The quantitative estimate of drug-likeness (QED) is 0.280. The minimum Gasteiger partial charge on any atom is -0.472 e. The molecule has 0 saturated carbocycles. The number of hydrogen-bond donors (Lipinski definition) is 9. The summed E-state index contributed by atoms with van der Waals surface area (Å²) in [6, 6.07) is 0. The Balaban J connectivity index is -0.000000231. The lowest BCUT2D eigenvalue weighted by Gasteiger charge is -1.90. The van der Waals surface area contributed by atoms with E-state index in [2.05, 4.69) is 0 Å². The van der Waals surface area contributed by atoms with Crippen LogP contribution in [0.5, 0.6) is 0 Å². The normalized spacial score (nSPS) is 11.1. The molecule has 0 rings (SSSR count). The Labute approximate surface area is 114 Å². The molecule has 0 aliphatic carbocycles. The molecule has 18 heteroatoms. The van der Waals surface area contributed by atoms with Gasteiger partial charge in [0.15, 0.2) is 0 Å². The summed E-state index contributed by atoms with van der Waals surface area (Å²) in [5, 5.41) is 22.5. The first-order valence-electron chi connectivity index (χ1n) is 3.70. The van der Waals surface area contributed by atoms with Crippen molar-refractivity contribution in [1.29, 1.82) is 0 Å². The molecule has 21 heavy (non-hydrogen) atoms. The summed E-state index contributed by atoms with van der Waals surface area (Å²) in [7, 11) is -14.5. The molecule has 15 nitrogen and oxygen atoms in total. The van der Waals surface area contributed by atoms with Crippen LogP contribution in [0.25, 0.3) is 0 Å². The molecular weight excluding hydrogens is 369 g/mol. The number of carbonyl (C=O) groups is 3. The summed E-state index contributed by atoms with van der Waals surface area (Å²) in [6.45, 7) is 0. The Kier molecular flexibility index (Phi) is 10.6. The third kappa shape index (κ3) is 18.9. The van der Waals surface area contributed by atoms with Gasteiger partial charge < -0.3 is 44.7 Å². The standard InChI is InChI=1S/3CH3O5P/c3*2-1(3)7(4,5)6/h3*(H,2,3)(H2,4,5,6). The average molecular weight is 378 g/mol. The predicted molar refractivity (Wildman–Crippen MR) is 60.2 cm³/mol. The van der Waals surface area contributed by atoms with Gasteiger partial charge in [-0.25, -0.2) is 28.1 Å². The van der Waals surface area contributed by atoms with Crippen LogP contribution in [-0.2, 0) is 13.7 Å². The summed E-state index contributed by atoms with van der Waals surface area (Å²) in [5.41, 5.74) is -6.27. The summed E-state index contributed by atoms with van der Waals surface area (Å²) in [6.07, 6.45) is 0. The Bertz CT molecular complexity index is 436. The van der Waals surface area contributed by atoms with E-state index in [-0.39, 0.29) is 0 Å². The Morgan fingerprint density at radius 3 is 0.524 bits per heavy atom. The maximum absolute atomic E-state index is 9.43. The number of rotatable bonds is 3. The van der Waals surface area contributed by atoms with Crippen LogP contribution in [0.3, 0.4) is 0 Å². The first-order valence-corrected chi connectivity index (χ1v) is 8.54. The predicted octanol–water partition coefficient (Wildman–Crippen LogP) is -0.474. The van der Waals surface area contributed by atoms with Gasteiger partial charge in [0.05, 0.1) is 0 Å². The molecule has 0 atom stereocenters. The maximum atomic E-state index is 9.43. The molecule has 0 bridgehead atoms. The molecule has 0 amide bonds. The van der Waals surface area contributed by atoms with E-state index in [0.717, 1.165) is 0 Å². The number of hydrogen-bond acceptors (Lipinski definition) is 6. The lowest BCUT2D eigenvalue weighted by molar-refractivity contribution is 0.208. The van der Waals surface area contributed by atoms with Crippen LogP contribution >= 0.6 is 22.8 Å². The van der Waals surface area contributed by atoms with Crippen molar-refractivity contribution in [2.45, 2.75) is 0 Å². The highest BCUT2D eigenvalue weighted by atomic mass is 31.2. The first kappa shape index (κ1) is 24.9. The van der Waals surface area contributed by atoms with Gasteiger partial charge in [-0.3, -0.25) is 0 Å². The lowest BCUT2D eigenvalue weighted by atomic mass is 11.6. The highest BCUT2D eigenvalue weighted by Crippen LogP contribution is 2.35. The van der Waals surface area contributed by atoms with Crippen LogP contribution in [-0.4, -0.2) is 61.8 Å². The summed E-state index contributed by atoms with van der Waals surface area (Å²) in [5.74, 6) is 0. The fourth-order valence-corrected chi connectivity index (χ4v) is 0. The van der Waals surface area contributed by atoms with Crippen molar-refractivity contribution in [2.24, 2.45) is 0 Å². The van der Waals surface area contributed by atoms with Crippen LogP contribution in [0, 0.1) is 0 Å². The van der Waals surface area contributed by atoms with Crippen LogP contribution in [0.4, 0.5) is 14.4 Å². The smallest absolute Gasteiger partial charge is 0.433 e. The van der Waals surface area contributed by atoms with E-state index in [4.69, 9.17) is 44.7 Å². The second-order valence-corrected chi connectivity index (χ2v) is 6.89. The van der Waals surface area contributed by atoms with Crippen molar-refractivity contribution in [3.8, 4) is 0 Å². The zero-order chi connectivity index (χ0) is 18.2. The maximum Gasteiger partial charge on any atom is 0.433 e. The van der Waals surface area contributed by atoms with Crippen molar-refractivity contribution < 1.29 is 72.8 Å². The molecule has 9 N–H and O–H groups in total. The van der Waals surface area contributed by atoms with Gasteiger partial charge in [0, 0.05) is 0 Å². The van der Waals surface area contributed by atoms with Gasteiger partial charge in [0.2, 0.25) is 0 Å². The van der Waals surface area contributed by atoms with Crippen LogP contribution in [0.1, 0.15) is 0 Å². The molecule has 0 aliphatic heterocycles. The monoisotopic (exact) mass is 378 g/mol. The van der Waals surface area contributed by atoms with Gasteiger partial charge in [-0.2, -0.15) is 0 Å². The van der Waals surface area contributed by atoms with Gasteiger partial charge in [0.25, 0.3) is 0 Å². The Morgan fingerprint density at radius 2 is 0.524 bits per heavy atom. The van der Waals surface area contributed by atoms with Gasteiger partial charge in [-0.05, 0) is 0 Å². The van der Waals surface area contributed by atoms with Crippen molar-refractivity contribution in [2.75, 3.05) is 0 Å². The molecule has 0 spiro atoms. The highest BCUT2D eigenvalue weighted by Gasteiger charge is 2.24. The highest BCUT2D eigenvalue weighted by molar-refractivity contribution is 7.69. The van der Waals surface area contributed by atoms with Gasteiger partial charge in [0.1, 0.15) is 0 Å². The molecule has 0 heterocycles. The zero-order valence-electron chi connectivity index (χ0n) is 9.32. The third-order valence-corrected chi connectivity index (χ3v) is 2.24. The molecule has 126 valence electrons. The van der Waals surface area contributed by atoms with Gasteiger partial charge >= 0.3 is 39.9 Å². The van der Waals surface area contributed by atoms with Crippen LogP contribution < -0.4 is 0 Å².